The van der Waals surface area contributed by atoms with Crippen molar-refractivity contribution in [3.05, 3.63) is 52.7 Å². The zero-order valence-electron chi connectivity index (χ0n) is 11.8. The quantitative estimate of drug-likeness (QED) is 0.366. The highest BCUT2D eigenvalue weighted by atomic mass is 16.6. The maximum atomic E-state index is 11.0. The molecule has 1 aromatic heterocycles. The molecule has 0 aliphatic heterocycles. The van der Waals surface area contributed by atoms with Gasteiger partial charge in [-0.25, -0.2) is 4.98 Å². The first kappa shape index (κ1) is 14.9. The van der Waals surface area contributed by atoms with Crippen LogP contribution in [0.25, 0.3) is 10.9 Å². The Morgan fingerprint density at radius 3 is 3.00 bits per heavy atom. The average molecular weight is 287 g/mol. The van der Waals surface area contributed by atoms with E-state index in [9.17, 15) is 10.1 Å². The van der Waals surface area contributed by atoms with Crippen LogP contribution in [0, 0.1) is 10.1 Å². The van der Waals surface area contributed by atoms with E-state index in [2.05, 4.69) is 16.9 Å². The van der Waals surface area contributed by atoms with Crippen molar-refractivity contribution in [2.75, 3.05) is 25.1 Å². The molecule has 0 aliphatic rings. The zero-order chi connectivity index (χ0) is 15.2. The standard InChI is InChI=1S/C15H17N3O3/c1-11(2)10-21-9-8-16-13-5-6-14(18(19)20)15-12(13)4-3-7-17-15/h3-7,16H,1,8-10H2,2H3. The summed E-state index contributed by atoms with van der Waals surface area (Å²) < 4.78 is 5.40. The fourth-order valence-electron chi connectivity index (χ4n) is 1.96. The smallest absolute Gasteiger partial charge is 0.295 e. The van der Waals surface area contributed by atoms with Crippen LogP contribution in [0.2, 0.25) is 0 Å². The molecule has 0 amide bonds. The van der Waals surface area contributed by atoms with Gasteiger partial charge in [0.1, 0.15) is 5.52 Å². The molecule has 0 aliphatic carbocycles. The van der Waals surface area contributed by atoms with Crippen LogP contribution in [-0.2, 0) is 4.74 Å². The van der Waals surface area contributed by atoms with Crippen molar-refractivity contribution in [3.63, 3.8) is 0 Å². The average Bonchev–Trinajstić information content (AvgIpc) is 2.46. The largest absolute Gasteiger partial charge is 0.382 e. The summed E-state index contributed by atoms with van der Waals surface area (Å²) in [4.78, 5) is 14.7. The number of fused-ring (bicyclic) bond motifs is 1. The van der Waals surface area contributed by atoms with E-state index in [-0.39, 0.29) is 5.69 Å². The Morgan fingerprint density at radius 2 is 2.29 bits per heavy atom. The van der Waals surface area contributed by atoms with Crippen LogP contribution in [-0.4, -0.2) is 29.7 Å². The van der Waals surface area contributed by atoms with Crippen molar-refractivity contribution in [2.45, 2.75) is 6.92 Å². The Bertz CT molecular complexity index is 670. The lowest BCUT2D eigenvalue weighted by molar-refractivity contribution is -0.383. The van der Waals surface area contributed by atoms with Crippen molar-refractivity contribution >= 4 is 22.3 Å². The van der Waals surface area contributed by atoms with E-state index in [0.717, 1.165) is 16.6 Å². The third kappa shape index (κ3) is 3.76. The number of non-ortho nitro benzene ring substituents is 1. The number of hydrogen-bond acceptors (Lipinski definition) is 5. The summed E-state index contributed by atoms with van der Waals surface area (Å²) in [7, 11) is 0. The number of nitrogens with one attached hydrogen (secondary N) is 1. The van der Waals surface area contributed by atoms with E-state index in [4.69, 9.17) is 4.74 Å². The van der Waals surface area contributed by atoms with Crippen LogP contribution in [0.3, 0.4) is 0 Å². The summed E-state index contributed by atoms with van der Waals surface area (Å²) in [5.74, 6) is 0. The number of anilines is 1. The Labute approximate surface area is 122 Å². The van der Waals surface area contributed by atoms with E-state index >= 15 is 0 Å². The highest BCUT2D eigenvalue weighted by Crippen LogP contribution is 2.29. The van der Waals surface area contributed by atoms with Crippen LogP contribution < -0.4 is 5.32 Å². The monoisotopic (exact) mass is 287 g/mol. The van der Waals surface area contributed by atoms with Gasteiger partial charge >= 0.3 is 0 Å². The van der Waals surface area contributed by atoms with Gasteiger partial charge in [-0.15, -0.1) is 0 Å². The minimum atomic E-state index is -0.422. The molecule has 6 nitrogen and oxygen atoms in total. The van der Waals surface area contributed by atoms with E-state index in [1.54, 1.807) is 18.3 Å². The van der Waals surface area contributed by atoms with Crippen LogP contribution in [0.1, 0.15) is 6.92 Å². The molecule has 0 saturated carbocycles. The summed E-state index contributed by atoms with van der Waals surface area (Å²) in [6, 6.07) is 6.73. The second-order valence-electron chi connectivity index (χ2n) is 4.73. The van der Waals surface area contributed by atoms with Crippen molar-refractivity contribution in [1.82, 2.24) is 4.98 Å². The number of pyridine rings is 1. The molecule has 0 radical (unpaired) electrons. The van der Waals surface area contributed by atoms with E-state index < -0.39 is 4.92 Å². The first-order valence-electron chi connectivity index (χ1n) is 6.57. The highest BCUT2D eigenvalue weighted by molar-refractivity contribution is 5.96. The minimum absolute atomic E-state index is 0.00896. The fraction of sp³-hybridized carbons (Fsp3) is 0.267. The second-order valence-corrected chi connectivity index (χ2v) is 4.73. The molecule has 110 valence electrons. The molecule has 0 unspecified atom stereocenters. The first-order valence-corrected chi connectivity index (χ1v) is 6.57. The topological polar surface area (TPSA) is 77.3 Å². The van der Waals surface area contributed by atoms with Gasteiger partial charge in [0.15, 0.2) is 0 Å². The van der Waals surface area contributed by atoms with Crippen LogP contribution >= 0.6 is 0 Å². The van der Waals surface area contributed by atoms with E-state index in [1.807, 2.05) is 13.0 Å². The van der Waals surface area contributed by atoms with E-state index in [0.29, 0.717) is 25.3 Å². The van der Waals surface area contributed by atoms with Gasteiger partial charge in [0.25, 0.3) is 5.69 Å². The number of nitro groups is 1. The molecule has 1 N–H and O–H groups in total. The van der Waals surface area contributed by atoms with Crippen molar-refractivity contribution in [1.29, 1.82) is 0 Å². The summed E-state index contributed by atoms with van der Waals surface area (Å²) in [5, 5.41) is 14.9. The first-order chi connectivity index (χ1) is 10.1. The van der Waals surface area contributed by atoms with Gasteiger partial charge in [-0.1, -0.05) is 12.2 Å². The summed E-state index contributed by atoms with van der Waals surface area (Å²) in [5.41, 5.74) is 2.17. The van der Waals surface area contributed by atoms with Gasteiger partial charge < -0.3 is 10.1 Å². The maximum absolute atomic E-state index is 11.0. The highest BCUT2D eigenvalue weighted by Gasteiger charge is 2.14. The predicted molar refractivity (Wildman–Crippen MR) is 82.5 cm³/mol. The molecular weight excluding hydrogens is 270 g/mol. The normalized spacial score (nSPS) is 10.5. The second kappa shape index (κ2) is 6.81. The lowest BCUT2D eigenvalue weighted by Crippen LogP contribution is -2.10. The third-order valence-electron chi connectivity index (χ3n) is 2.86. The molecule has 0 atom stereocenters. The molecule has 21 heavy (non-hydrogen) atoms. The molecule has 2 rings (SSSR count). The number of aromatic nitrogens is 1. The molecule has 0 fully saturated rings. The summed E-state index contributed by atoms with van der Waals surface area (Å²) >= 11 is 0. The lowest BCUT2D eigenvalue weighted by atomic mass is 10.1. The van der Waals surface area contributed by atoms with Crippen molar-refractivity contribution in [2.24, 2.45) is 0 Å². The third-order valence-corrected chi connectivity index (χ3v) is 2.86. The molecule has 0 saturated heterocycles. The Kier molecular flexibility index (Phi) is 4.84. The van der Waals surface area contributed by atoms with Gasteiger partial charge in [-0.2, -0.15) is 0 Å². The molecular formula is C15H17N3O3. The SMILES string of the molecule is C=C(C)COCCNc1ccc([N+](=O)[O-])c2ncccc12. The molecule has 6 heteroatoms. The van der Waals surface area contributed by atoms with Crippen LogP contribution in [0.5, 0.6) is 0 Å². The predicted octanol–water partition coefficient (Wildman–Crippen LogP) is 3.15. The number of nitrogens with zero attached hydrogens (tertiary/aromatic N) is 2. The van der Waals surface area contributed by atoms with Crippen LogP contribution in [0.4, 0.5) is 11.4 Å². The molecule has 1 heterocycles. The number of nitro benzene ring substituents is 1. The van der Waals surface area contributed by atoms with Gasteiger partial charge in [0, 0.05) is 29.9 Å². The number of benzene rings is 1. The van der Waals surface area contributed by atoms with Crippen molar-refractivity contribution < 1.29 is 9.66 Å². The molecule has 0 spiro atoms. The van der Waals surface area contributed by atoms with Gasteiger partial charge in [-0.3, -0.25) is 10.1 Å². The molecule has 2 aromatic rings. The number of ether oxygens (including phenoxy) is 1. The minimum Gasteiger partial charge on any atom is -0.382 e. The van der Waals surface area contributed by atoms with Gasteiger partial charge in [-0.05, 0) is 25.1 Å². The number of hydrogen-bond donors (Lipinski definition) is 1. The Hall–Kier alpha value is -2.47. The Morgan fingerprint density at radius 1 is 1.48 bits per heavy atom. The van der Waals surface area contributed by atoms with Crippen LogP contribution in [0.15, 0.2) is 42.6 Å². The zero-order valence-corrected chi connectivity index (χ0v) is 11.8. The van der Waals surface area contributed by atoms with Gasteiger partial charge in [0.05, 0.1) is 18.1 Å². The molecule has 1 aromatic carbocycles. The Balaban J connectivity index is 2.12. The fourth-order valence-corrected chi connectivity index (χ4v) is 1.96. The van der Waals surface area contributed by atoms with E-state index in [1.165, 1.54) is 6.07 Å². The van der Waals surface area contributed by atoms with Crippen molar-refractivity contribution in [3.8, 4) is 0 Å². The summed E-state index contributed by atoms with van der Waals surface area (Å²) in [6.45, 7) is 7.34. The van der Waals surface area contributed by atoms with Gasteiger partial charge in [0.2, 0.25) is 0 Å². The number of rotatable bonds is 7. The molecule has 0 bridgehead atoms. The summed E-state index contributed by atoms with van der Waals surface area (Å²) in [6.07, 6.45) is 1.55. The lowest BCUT2D eigenvalue weighted by Gasteiger charge is -2.10. The maximum Gasteiger partial charge on any atom is 0.295 e.